The van der Waals surface area contributed by atoms with Crippen LogP contribution in [-0.4, -0.2) is 19.1 Å². The molecule has 0 aromatic carbocycles. The minimum absolute atomic E-state index is 0.100. The van der Waals surface area contributed by atoms with E-state index in [2.05, 4.69) is 5.32 Å². The molecule has 2 aliphatic carbocycles. The molecule has 0 unspecified atom stereocenters. The van der Waals surface area contributed by atoms with E-state index in [1.807, 2.05) is 25.5 Å². The summed E-state index contributed by atoms with van der Waals surface area (Å²) in [6, 6.07) is 0. The van der Waals surface area contributed by atoms with E-state index in [9.17, 15) is 0 Å². The average Bonchev–Trinajstić information content (AvgIpc) is 3.26. The van der Waals surface area contributed by atoms with Gasteiger partial charge in [-0.25, -0.2) is 4.98 Å². The molecular weight excluding hydrogens is 268 g/mol. The first-order chi connectivity index (χ1) is 9.79. The summed E-state index contributed by atoms with van der Waals surface area (Å²) in [4.78, 5) is 6.49. The van der Waals surface area contributed by atoms with E-state index in [0.29, 0.717) is 0 Å². The molecule has 2 saturated carbocycles. The van der Waals surface area contributed by atoms with Gasteiger partial charge in [0, 0.05) is 24.4 Å². The number of nitrogens with one attached hydrogen (secondary N) is 1. The number of ether oxygens (including phenoxy) is 1. The van der Waals surface area contributed by atoms with Gasteiger partial charge in [0.05, 0.1) is 5.69 Å². The Hall–Kier alpha value is -0.450. The third-order valence-corrected chi connectivity index (χ3v) is 5.98. The largest absolute Gasteiger partial charge is 0.371 e. The zero-order valence-corrected chi connectivity index (χ0v) is 13.5. The highest BCUT2D eigenvalue weighted by Crippen LogP contribution is 2.47. The summed E-state index contributed by atoms with van der Waals surface area (Å²) in [5, 5.41) is 4.54. The van der Waals surface area contributed by atoms with Crippen molar-refractivity contribution < 1.29 is 4.74 Å². The highest BCUT2D eigenvalue weighted by Gasteiger charge is 2.38. The van der Waals surface area contributed by atoms with E-state index in [1.165, 1.54) is 54.1 Å². The minimum Gasteiger partial charge on any atom is -0.371 e. The van der Waals surface area contributed by atoms with Crippen LogP contribution in [0.25, 0.3) is 0 Å². The summed E-state index contributed by atoms with van der Waals surface area (Å²) >= 11 is 1.89. The molecule has 1 aromatic rings. The van der Waals surface area contributed by atoms with Gasteiger partial charge in [0.25, 0.3) is 0 Å². The van der Waals surface area contributed by atoms with Crippen LogP contribution in [0.4, 0.5) is 0 Å². The lowest BCUT2D eigenvalue weighted by Crippen LogP contribution is -2.27. The summed E-state index contributed by atoms with van der Waals surface area (Å²) < 4.78 is 6.02. The molecule has 1 N–H and O–H groups in total. The SMILES string of the molecule is CNCc1sc(C2(OC)CCCCCC2)nc1C1CC1. The van der Waals surface area contributed by atoms with Crippen LogP contribution in [0.2, 0.25) is 0 Å². The van der Waals surface area contributed by atoms with Gasteiger partial charge in [-0.1, -0.05) is 25.7 Å². The fourth-order valence-corrected chi connectivity index (χ4v) is 4.71. The molecule has 1 heterocycles. The van der Waals surface area contributed by atoms with E-state index in [0.717, 1.165) is 25.3 Å². The van der Waals surface area contributed by atoms with Crippen LogP contribution < -0.4 is 5.32 Å². The highest BCUT2D eigenvalue weighted by molar-refractivity contribution is 7.11. The quantitative estimate of drug-likeness (QED) is 0.835. The number of nitrogens with zero attached hydrogens (tertiary/aromatic N) is 1. The van der Waals surface area contributed by atoms with E-state index < -0.39 is 0 Å². The maximum atomic E-state index is 6.02. The number of thiazole rings is 1. The lowest BCUT2D eigenvalue weighted by atomic mass is 9.95. The van der Waals surface area contributed by atoms with Crippen molar-refractivity contribution in [2.45, 2.75) is 69.4 Å². The second-order valence-electron chi connectivity index (χ2n) is 6.24. The molecular formula is C16H26N2OS. The molecule has 0 amide bonds. The Morgan fingerprint density at radius 1 is 1.25 bits per heavy atom. The first-order valence-electron chi connectivity index (χ1n) is 7.99. The molecule has 2 aliphatic rings. The Kier molecular flexibility index (Phi) is 4.43. The first-order valence-corrected chi connectivity index (χ1v) is 8.80. The van der Waals surface area contributed by atoms with Gasteiger partial charge in [-0.3, -0.25) is 0 Å². The van der Waals surface area contributed by atoms with Gasteiger partial charge in [-0.15, -0.1) is 11.3 Å². The van der Waals surface area contributed by atoms with Crippen molar-refractivity contribution in [3.63, 3.8) is 0 Å². The second-order valence-corrected chi connectivity index (χ2v) is 7.33. The zero-order chi connectivity index (χ0) is 14.0. The smallest absolute Gasteiger partial charge is 0.125 e. The average molecular weight is 294 g/mol. The number of hydrogen-bond donors (Lipinski definition) is 1. The summed E-state index contributed by atoms with van der Waals surface area (Å²) in [5.74, 6) is 0.725. The lowest BCUT2D eigenvalue weighted by Gasteiger charge is -2.29. The van der Waals surface area contributed by atoms with Crippen LogP contribution in [0.15, 0.2) is 0 Å². The van der Waals surface area contributed by atoms with Crippen molar-refractivity contribution in [2.75, 3.05) is 14.2 Å². The predicted octanol–water partition coefficient (Wildman–Crippen LogP) is 3.94. The number of methoxy groups -OCH3 is 1. The van der Waals surface area contributed by atoms with Gasteiger partial charge in [0.2, 0.25) is 0 Å². The van der Waals surface area contributed by atoms with E-state index in [1.54, 1.807) is 0 Å². The minimum atomic E-state index is -0.100. The van der Waals surface area contributed by atoms with E-state index in [4.69, 9.17) is 9.72 Å². The second kappa shape index (κ2) is 6.12. The van der Waals surface area contributed by atoms with Crippen LogP contribution in [0.1, 0.15) is 72.9 Å². The molecule has 2 fully saturated rings. The predicted molar refractivity (Wildman–Crippen MR) is 83.2 cm³/mol. The molecule has 112 valence electrons. The Balaban J connectivity index is 1.92. The van der Waals surface area contributed by atoms with Crippen molar-refractivity contribution in [3.8, 4) is 0 Å². The number of rotatable bonds is 5. The maximum Gasteiger partial charge on any atom is 0.125 e. The summed E-state index contributed by atoms with van der Waals surface area (Å²) in [5.41, 5.74) is 1.26. The molecule has 0 saturated heterocycles. The molecule has 0 bridgehead atoms. The fraction of sp³-hybridized carbons (Fsp3) is 0.812. The molecule has 0 spiro atoms. The number of aromatic nitrogens is 1. The Labute approximate surface area is 126 Å². The van der Waals surface area contributed by atoms with Gasteiger partial charge in [-0.2, -0.15) is 0 Å². The van der Waals surface area contributed by atoms with Crippen LogP contribution in [-0.2, 0) is 16.9 Å². The molecule has 3 nitrogen and oxygen atoms in total. The maximum absolute atomic E-state index is 6.02. The summed E-state index contributed by atoms with van der Waals surface area (Å²) in [6.07, 6.45) is 10.1. The van der Waals surface area contributed by atoms with Gasteiger partial charge in [-0.05, 0) is 32.7 Å². The molecule has 1 aromatic heterocycles. The third kappa shape index (κ3) is 2.78. The molecule has 4 heteroatoms. The molecule has 3 rings (SSSR count). The van der Waals surface area contributed by atoms with E-state index >= 15 is 0 Å². The van der Waals surface area contributed by atoms with Crippen molar-refractivity contribution in [2.24, 2.45) is 0 Å². The highest BCUT2D eigenvalue weighted by atomic mass is 32.1. The molecule has 0 atom stereocenters. The van der Waals surface area contributed by atoms with E-state index in [-0.39, 0.29) is 5.60 Å². The normalized spacial score (nSPS) is 22.7. The third-order valence-electron chi connectivity index (χ3n) is 4.72. The topological polar surface area (TPSA) is 34.1 Å². The fourth-order valence-electron chi connectivity index (χ4n) is 3.33. The Morgan fingerprint density at radius 3 is 2.50 bits per heavy atom. The molecule has 20 heavy (non-hydrogen) atoms. The van der Waals surface area contributed by atoms with Crippen molar-refractivity contribution >= 4 is 11.3 Å². The van der Waals surface area contributed by atoms with Crippen molar-refractivity contribution in [1.82, 2.24) is 10.3 Å². The Morgan fingerprint density at radius 2 is 1.95 bits per heavy atom. The summed E-state index contributed by atoms with van der Waals surface area (Å²) in [7, 11) is 3.90. The van der Waals surface area contributed by atoms with Crippen LogP contribution >= 0.6 is 11.3 Å². The molecule has 0 aliphatic heterocycles. The zero-order valence-electron chi connectivity index (χ0n) is 12.7. The van der Waals surface area contributed by atoms with Crippen LogP contribution in [0.3, 0.4) is 0 Å². The van der Waals surface area contributed by atoms with Gasteiger partial charge in [0.1, 0.15) is 10.6 Å². The van der Waals surface area contributed by atoms with Crippen LogP contribution in [0.5, 0.6) is 0 Å². The Bertz CT molecular complexity index is 445. The van der Waals surface area contributed by atoms with Gasteiger partial charge < -0.3 is 10.1 Å². The standard InChI is InChI=1S/C16H26N2OS/c1-17-11-13-14(12-7-8-12)18-15(20-13)16(19-2)9-5-3-4-6-10-16/h12,17H,3-11H2,1-2H3. The van der Waals surface area contributed by atoms with Crippen molar-refractivity contribution in [3.05, 3.63) is 15.6 Å². The van der Waals surface area contributed by atoms with Gasteiger partial charge in [0.15, 0.2) is 0 Å². The summed E-state index contributed by atoms with van der Waals surface area (Å²) in [6.45, 7) is 0.948. The molecule has 0 radical (unpaired) electrons. The number of hydrogen-bond acceptors (Lipinski definition) is 4. The lowest BCUT2D eigenvalue weighted by molar-refractivity contribution is -0.0280. The van der Waals surface area contributed by atoms with Crippen LogP contribution in [0, 0.1) is 0 Å². The monoisotopic (exact) mass is 294 g/mol. The van der Waals surface area contributed by atoms with Gasteiger partial charge >= 0.3 is 0 Å². The van der Waals surface area contributed by atoms with Crippen molar-refractivity contribution in [1.29, 1.82) is 0 Å². The first kappa shape index (κ1) is 14.5.